The molecule has 1 amide bonds. The van der Waals surface area contributed by atoms with Gasteiger partial charge in [0.1, 0.15) is 17.3 Å². The molecule has 0 atom stereocenters. The summed E-state index contributed by atoms with van der Waals surface area (Å²) >= 11 is 5.84. The minimum absolute atomic E-state index is 0.00915. The zero-order valence-corrected chi connectivity index (χ0v) is 16.0. The van der Waals surface area contributed by atoms with E-state index < -0.39 is 39.6 Å². The number of nitro groups is 1. The van der Waals surface area contributed by atoms with Crippen molar-refractivity contribution in [3.8, 4) is 11.5 Å². The second-order valence-corrected chi connectivity index (χ2v) is 6.55. The van der Waals surface area contributed by atoms with Gasteiger partial charge in [0.25, 0.3) is 11.6 Å². The summed E-state index contributed by atoms with van der Waals surface area (Å²) in [4.78, 5) is 22.3. The molecule has 0 saturated heterocycles. The van der Waals surface area contributed by atoms with E-state index in [4.69, 9.17) is 16.3 Å². The summed E-state index contributed by atoms with van der Waals surface area (Å²) in [5.74, 6) is -1.63. The van der Waals surface area contributed by atoms with Crippen LogP contribution in [0.1, 0.15) is 15.9 Å². The Labute approximate surface area is 177 Å². The molecule has 0 saturated carbocycles. The number of anilines is 1. The van der Waals surface area contributed by atoms with Gasteiger partial charge in [-0.25, -0.2) is 4.39 Å². The van der Waals surface area contributed by atoms with Gasteiger partial charge in [0, 0.05) is 17.8 Å². The van der Waals surface area contributed by atoms with E-state index >= 15 is 0 Å². The first-order valence-electron chi connectivity index (χ1n) is 8.44. The first kappa shape index (κ1) is 22.0. The number of rotatable bonds is 5. The lowest BCUT2D eigenvalue weighted by molar-refractivity contribution is -0.384. The fourth-order valence-corrected chi connectivity index (χ4v) is 2.71. The fourth-order valence-electron chi connectivity index (χ4n) is 2.49. The number of halogens is 5. The van der Waals surface area contributed by atoms with E-state index in [0.29, 0.717) is 0 Å². The summed E-state index contributed by atoms with van der Waals surface area (Å²) in [6.45, 7) is 0. The van der Waals surface area contributed by atoms with Crippen molar-refractivity contribution in [3.05, 3.63) is 92.7 Å². The average molecular weight is 455 g/mol. The summed E-state index contributed by atoms with van der Waals surface area (Å²) in [5.41, 5.74) is -1.65. The monoisotopic (exact) mass is 454 g/mol. The maximum Gasteiger partial charge on any atom is 0.416 e. The van der Waals surface area contributed by atoms with Crippen LogP contribution < -0.4 is 10.1 Å². The molecule has 3 aromatic carbocycles. The number of carbonyl (C=O) groups is 1. The highest BCUT2D eigenvalue weighted by molar-refractivity contribution is 6.32. The topological polar surface area (TPSA) is 81.5 Å². The molecule has 0 aliphatic carbocycles. The minimum atomic E-state index is -4.54. The number of alkyl halides is 3. The molecule has 0 spiro atoms. The largest absolute Gasteiger partial charge is 0.456 e. The van der Waals surface area contributed by atoms with Crippen LogP contribution in [0.15, 0.2) is 60.7 Å². The summed E-state index contributed by atoms with van der Waals surface area (Å²) < 4.78 is 57.4. The van der Waals surface area contributed by atoms with Crippen molar-refractivity contribution in [3.63, 3.8) is 0 Å². The zero-order chi connectivity index (χ0) is 22.8. The third-order valence-electron chi connectivity index (χ3n) is 4.00. The van der Waals surface area contributed by atoms with E-state index in [-0.39, 0.29) is 22.2 Å². The number of ether oxygens (including phenoxy) is 1. The zero-order valence-electron chi connectivity index (χ0n) is 15.2. The van der Waals surface area contributed by atoms with Gasteiger partial charge in [-0.15, -0.1) is 0 Å². The number of benzene rings is 3. The molecule has 160 valence electrons. The lowest BCUT2D eigenvalue weighted by Crippen LogP contribution is -2.14. The Kier molecular flexibility index (Phi) is 6.11. The van der Waals surface area contributed by atoms with Crippen LogP contribution in [0.4, 0.5) is 28.9 Å². The summed E-state index contributed by atoms with van der Waals surface area (Å²) in [5, 5.41) is 12.9. The summed E-state index contributed by atoms with van der Waals surface area (Å²) in [6, 6.07) is 10.8. The van der Waals surface area contributed by atoms with Gasteiger partial charge in [0.05, 0.1) is 21.1 Å². The van der Waals surface area contributed by atoms with E-state index in [0.717, 1.165) is 36.4 Å². The molecule has 1 N–H and O–H groups in total. The Balaban J connectivity index is 1.72. The fraction of sp³-hybridized carbons (Fsp3) is 0.0500. The second-order valence-electron chi connectivity index (χ2n) is 6.14. The highest BCUT2D eigenvalue weighted by Gasteiger charge is 2.31. The number of nitrogens with one attached hydrogen (secondary N) is 1. The number of amides is 1. The van der Waals surface area contributed by atoms with Crippen molar-refractivity contribution < 1.29 is 32.0 Å². The van der Waals surface area contributed by atoms with Crippen molar-refractivity contribution in [2.75, 3.05) is 5.32 Å². The minimum Gasteiger partial charge on any atom is -0.456 e. The van der Waals surface area contributed by atoms with Crippen LogP contribution in [0.2, 0.25) is 5.02 Å². The molecular weight excluding hydrogens is 444 g/mol. The van der Waals surface area contributed by atoms with E-state index in [1.165, 1.54) is 24.3 Å². The Morgan fingerprint density at radius 2 is 1.71 bits per heavy atom. The third-order valence-corrected chi connectivity index (χ3v) is 4.30. The van der Waals surface area contributed by atoms with Crippen LogP contribution in [-0.2, 0) is 6.18 Å². The predicted molar refractivity (Wildman–Crippen MR) is 104 cm³/mol. The molecule has 0 heterocycles. The highest BCUT2D eigenvalue weighted by atomic mass is 35.5. The molecule has 0 radical (unpaired) electrons. The van der Waals surface area contributed by atoms with E-state index in [9.17, 15) is 32.5 Å². The Bertz CT molecular complexity index is 1150. The molecule has 0 unspecified atom stereocenters. The summed E-state index contributed by atoms with van der Waals surface area (Å²) in [6.07, 6.45) is -4.54. The Morgan fingerprint density at radius 1 is 1.03 bits per heavy atom. The molecule has 6 nitrogen and oxygen atoms in total. The molecule has 0 aromatic heterocycles. The van der Waals surface area contributed by atoms with E-state index in [1.807, 2.05) is 0 Å². The highest BCUT2D eigenvalue weighted by Crippen LogP contribution is 2.36. The van der Waals surface area contributed by atoms with Crippen molar-refractivity contribution in [1.82, 2.24) is 0 Å². The van der Waals surface area contributed by atoms with Gasteiger partial charge in [-0.2, -0.15) is 13.2 Å². The number of nitrogens with zero attached hydrogens (tertiary/aromatic N) is 1. The number of hydrogen-bond acceptors (Lipinski definition) is 4. The molecular formula is C20H11ClF4N2O4. The van der Waals surface area contributed by atoms with E-state index in [1.54, 1.807) is 0 Å². The molecule has 0 aliphatic heterocycles. The molecule has 0 fully saturated rings. The molecule has 31 heavy (non-hydrogen) atoms. The van der Waals surface area contributed by atoms with Crippen molar-refractivity contribution in [1.29, 1.82) is 0 Å². The smallest absolute Gasteiger partial charge is 0.416 e. The van der Waals surface area contributed by atoms with Gasteiger partial charge in [0.15, 0.2) is 0 Å². The maximum atomic E-state index is 13.8. The van der Waals surface area contributed by atoms with Gasteiger partial charge in [0.2, 0.25) is 0 Å². The molecule has 3 aromatic rings. The number of carbonyl (C=O) groups excluding carboxylic acids is 1. The number of nitro benzene ring substituents is 1. The van der Waals surface area contributed by atoms with Crippen LogP contribution >= 0.6 is 11.6 Å². The molecule has 3 rings (SSSR count). The van der Waals surface area contributed by atoms with Gasteiger partial charge in [-0.05, 0) is 48.5 Å². The number of hydrogen-bond donors (Lipinski definition) is 1. The van der Waals surface area contributed by atoms with Gasteiger partial charge < -0.3 is 10.1 Å². The SMILES string of the molecule is O=C(Nc1ccc(Oc2ccc(C(F)(F)F)cc2Cl)cc1)c1cc([N+](=O)[O-])ccc1F. The lowest BCUT2D eigenvalue weighted by Gasteiger charge is -2.12. The Morgan fingerprint density at radius 3 is 2.29 bits per heavy atom. The van der Waals surface area contributed by atoms with Crippen LogP contribution in [0, 0.1) is 15.9 Å². The van der Waals surface area contributed by atoms with Gasteiger partial charge >= 0.3 is 6.18 Å². The molecule has 0 bridgehead atoms. The normalized spacial score (nSPS) is 11.1. The van der Waals surface area contributed by atoms with Crippen LogP contribution in [0.25, 0.3) is 0 Å². The van der Waals surface area contributed by atoms with Crippen molar-refractivity contribution >= 4 is 28.9 Å². The van der Waals surface area contributed by atoms with Crippen LogP contribution in [0.3, 0.4) is 0 Å². The van der Waals surface area contributed by atoms with Gasteiger partial charge in [-0.1, -0.05) is 11.6 Å². The van der Waals surface area contributed by atoms with Crippen LogP contribution in [0.5, 0.6) is 11.5 Å². The standard InChI is InChI=1S/C20H11ClF4N2O4/c21-16-9-11(20(23,24)25)1-8-18(16)31-14-5-2-12(3-6-14)26-19(28)15-10-13(27(29)30)4-7-17(15)22/h1-10H,(H,26,28). The molecule has 0 aliphatic rings. The van der Waals surface area contributed by atoms with Crippen LogP contribution in [-0.4, -0.2) is 10.8 Å². The average Bonchev–Trinajstić information content (AvgIpc) is 2.70. The number of non-ortho nitro benzene ring substituents is 1. The lowest BCUT2D eigenvalue weighted by atomic mass is 10.1. The van der Waals surface area contributed by atoms with Gasteiger partial charge in [-0.3, -0.25) is 14.9 Å². The maximum absolute atomic E-state index is 13.8. The third kappa shape index (κ3) is 5.28. The van der Waals surface area contributed by atoms with E-state index in [2.05, 4.69) is 5.32 Å². The first-order chi connectivity index (χ1) is 14.5. The van der Waals surface area contributed by atoms with Crippen molar-refractivity contribution in [2.24, 2.45) is 0 Å². The molecule has 11 heteroatoms. The second kappa shape index (κ2) is 8.60. The quantitative estimate of drug-likeness (QED) is 0.273. The Hall–Kier alpha value is -3.66. The van der Waals surface area contributed by atoms with Crippen molar-refractivity contribution in [2.45, 2.75) is 6.18 Å². The summed E-state index contributed by atoms with van der Waals surface area (Å²) in [7, 11) is 0. The first-order valence-corrected chi connectivity index (χ1v) is 8.82. The predicted octanol–water partition coefficient (Wildman–Crippen LogP) is 6.45.